The molecule has 1 aromatic carbocycles. The van der Waals surface area contributed by atoms with Gasteiger partial charge in [-0.25, -0.2) is 4.79 Å². The van der Waals surface area contributed by atoms with Gasteiger partial charge in [0.2, 0.25) is 0 Å². The van der Waals surface area contributed by atoms with Gasteiger partial charge in [0.05, 0.1) is 0 Å². The van der Waals surface area contributed by atoms with Crippen LogP contribution in [0.3, 0.4) is 0 Å². The summed E-state index contributed by atoms with van der Waals surface area (Å²) >= 11 is 0. The predicted molar refractivity (Wildman–Crippen MR) is 98.0 cm³/mol. The fourth-order valence-corrected chi connectivity index (χ4v) is 3.96. The molecule has 1 N–H and O–H groups in total. The highest BCUT2D eigenvalue weighted by Gasteiger charge is 2.46. The highest BCUT2D eigenvalue weighted by molar-refractivity contribution is 6.04. The average molecular weight is 355 g/mol. The van der Waals surface area contributed by atoms with Crippen molar-refractivity contribution in [3.63, 3.8) is 0 Å². The molecule has 4 rings (SSSR count). The maximum atomic E-state index is 12.2. The van der Waals surface area contributed by atoms with Gasteiger partial charge in [0, 0.05) is 26.2 Å². The number of para-hydroxylation sites is 1. The Labute approximate surface area is 153 Å². The molecule has 6 nitrogen and oxygen atoms in total. The van der Waals surface area contributed by atoms with Crippen LogP contribution in [0.4, 0.5) is 4.79 Å². The molecule has 3 amide bonds. The zero-order valence-electron chi connectivity index (χ0n) is 14.9. The van der Waals surface area contributed by atoms with Gasteiger partial charge < -0.3 is 15.0 Å². The number of nitrogens with zero attached hydrogens (tertiary/aromatic N) is 2. The van der Waals surface area contributed by atoms with Gasteiger partial charge in [-0.15, -0.1) is 0 Å². The van der Waals surface area contributed by atoms with E-state index in [2.05, 4.69) is 11.4 Å². The van der Waals surface area contributed by atoms with E-state index in [0.29, 0.717) is 19.6 Å². The summed E-state index contributed by atoms with van der Waals surface area (Å²) < 4.78 is 6.00. The highest BCUT2D eigenvalue weighted by atomic mass is 16.5. The van der Waals surface area contributed by atoms with Crippen LogP contribution in [0.15, 0.2) is 36.4 Å². The summed E-state index contributed by atoms with van der Waals surface area (Å²) in [6, 6.07) is 7.85. The van der Waals surface area contributed by atoms with E-state index in [4.69, 9.17) is 4.74 Å². The minimum Gasteiger partial charge on any atom is -0.489 e. The number of ether oxygens (including phenoxy) is 1. The van der Waals surface area contributed by atoms with Gasteiger partial charge in [0.25, 0.3) is 5.91 Å². The van der Waals surface area contributed by atoms with Crippen molar-refractivity contribution in [3.8, 4) is 5.75 Å². The van der Waals surface area contributed by atoms with Gasteiger partial charge in [-0.05, 0) is 37.3 Å². The molecule has 2 unspecified atom stereocenters. The molecule has 3 aliphatic rings. The molecule has 0 saturated carbocycles. The lowest BCUT2D eigenvalue weighted by atomic mass is 10.0. The zero-order chi connectivity index (χ0) is 17.9. The number of rotatable bonds is 6. The molecule has 0 spiro atoms. The first-order valence-corrected chi connectivity index (χ1v) is 9.46. The Morgan fingerprint density at radius 3 is 2.96 bits per heavy atom. The van der Waals surface area contributed by atoms with Crippen molar-refractivity contribution in [1.29, 1.82) is 0 Å². The van der Waals surface area contributed by atoms with E-state index >= 15 is 0 Å². The first-order valence-electron chi connectivity index (χ1n) is 9.46. The minimum atomic E-state index is -0.208. The molecule has 0 radical (unpaired) electrons. The van der Waals surface area contributed by atoms with Crippen molar-refractivity contribution in [2.45, 2.75) is 37.8 Å². The van der Waals surface area contributed by atoms with Crippen molar-refractivity contribution >= 4 is 11.9 Å². The SMILES string of the molecule is O=C1C2CCCN2C(=O)N1CC=CCNCC1CCc2ccccc2O1. The van der Waals surface area contributed by atoms with Crippen molar-refractivity contribution in [2.75, 3.05) is 26.2 Å². The molecule has 0 aromatic heterocycles. The number of carbonyl (C=O) groups excluding carboxylic acids is 2. The lowest BCUT2D eigenvalue weighted by Gasteiger charge is -2.26. The molecule has 0 aliphatic carbocycles. The topological polar surface area (TPSA) is 61.9 Å². The van der Waals surface area contributed by atoms with E-state index in [1.165, 1.54) is 10.5 Å². The largest absolute Gasteiger partial charge is 0.489 e. The van der Waals surface area contributed by atoms with Crippen LogP contribution in [0.2, 0.25) is 0 Å². The van der Waals surface area contributed by atoms with Crippen LogP contribution in [0.5, 0.6) is 5.75 Å². The number of urea groups is 1. The van der Waals surface area contributed by atoms with Crippen LogP contribution in [-0.2, 0) is 11.2 Å². The third-order valence-corrected chi connectivity index (χ3v) is 5.37. The van der Waals surface area contributed by atoms with Crippen LogP contribution >= 0.6 is 0 Å². The Kier molecular flexibility index (Phi) is 4.93. The molecule has 26 heavy (non-hydrogen) atoms. The van der Waals surface area contributed by atoms with Crippen LogP contribution in [0.1, 0.15) is 24.8 Å². The van der Waals surface area contributed by atoms with Crippen LogP contribution in [0, 0.1) is 0 Å². The number of aryl methyl sites for hydroxylation is 1. The fourth-order valence-electron chi connectivity index (χ4n) is 3.96. The number of nitrogens with one attached hydrogen (secondary N) is 1. The van der Waals surface area contributed by atoms with E-state index < -0.39 is 0 Å². The number of hydrogen-bond donors (Lipinski definition) is 1. The number of carbonyl (C=O) groups is 2. The summed E-state index contributed by atoms with van der Waals surface area (Å²) in [6.07, 6.45) is 7.85. The molecule has 0 bridgehead atoms. The summed E-state index contributed by atoms with van der Waals surface area (Å²) in [6.45, 7) is 2.56. The summed E-state index contributed by atoms with van der Waals surface area (Å²) in [5.74, 6) is 0.951. The minimum absolute atomic E-state index is 0.0422. The van der Waals surface area contributed by atoms with E-state index in [9.17, 15) is 9.59 Å². The summed E-state index contributed by atoms with van der Waals surface area (Å²) in [4.78, 5) is 27.5. The number of amides is 3. The van der Waals surface area contributed by atoms with E-state index in [1.54, 1.807) is 4.90 Å². The molecular weight excluding hydrogens is 330 g/mol. The maximum absolute atomic E-state index is 12.2. The Bertz CT molecular complexity index is 696. The fraction of sp³-hybridized carbons (Fsp3) is 0.500. The van der Waals surface area contributed by atoms with Crippen molar-refractivity contribution in [3.05, 3.63) is 42.0 Å². The zero-order valence-corrected chi connectivity index (χ0v) is 14.9. The quantitative estimate of drug-likeness (QED) is 0.481. The summed E-state index contributed by atoms with van der Waals surface area (Å²) in [5.41, 5.74) is 1.28. The van der Waals surface area contributed by atoms with Gasteiger partial charge in [-0.3, -0.25) is 9.69 Å². The van der Waals surface area contributed by atoms with E-state index in [1.807, 2.05) is 30.4 Å². The Morgan fingerprint density at radius 2 is 2.08 bits per heavy atom. The Balaban J connectivity index is 1.18. The first-order chi connectivity index (χ1) is 12.7. The molecule has 1 aromatic rings. The first kappa shape index (κ1) is 17.1. The van der Waals surface area contributed by atoms with E-state index in [-0.39, 0.29) is 24.1 Å². The van der Waals surface area contributed by atoms with Crippen LogP contribution < -0.4 is 10.1 Å². The average Bonchev–Trinajstić information content (AvgIpc) is 3.23. The second-order valence-corrected chi connectivity index (χ2v) is 7.10. The molecule has 3 aliphatic heterocycles. The molecule has 138 valence electrons. The van der Waals surface area contributed by atoms with Gasteiger partial charge in [-0.2, -0.15) is 0 Å². The van der Waals surface area contributed by atoms with Crippen LogP contribution in [0.25, 0.3) is 0 Å². The molecule has 2 atom stereocenters. The third-order valence-electron chi connectivity index (χ3n) is 5.37. The summed E-state index contributed by atoms with van der Waals surface area (Å²) in [7, 11) is 0. The van der Waals surface area contributed by atoms with Crippen molar-refractivity contribution in [1.82, 2.24) is 15.1 Å². The van der Waals surface area contributed by atoms with Crippen molar-refractivity contribution in [2.24, 2.45) is 0 Å². The second-order valence-electron chi connectivity index (χ2n) is 7.10. The number of benzene rings is 1. The predicted octanol–water partition coefficient (Wildman–Crippen LogP) is 1.95. The lowest BCUT2D eigenvalue weighted by Crippen LogP contribution is -2.34. The second kappa shape index (κ2) is 7.50. The molecule has 2 saturated heterocycles. The smallest absolute Gasteiger partial charge is 0.327 e. The van der Waals surface area contributed by atoms with Gasteiger partial charge in [-0.1, -0.05) is 30.4 Å². The number of hydrogen-bond acceptors (Lipinski definition) is 4. The van der Waals surface area contributed by atoms with Crippen molar-refractivity contribution < 1.29 is 14.3 Å². The monoisotopic (exact) mass is 355 g/mol. The standard InChI is InChI=1S/C20H25N3O3/c24-19-17-7-5-13-22(17)20(25)23(19)12-4-3-11-21-14-16-10-9-15-6-1-2-8-18(15)26-16/h1-4,6,8,16-17,21H,5,7,9-14H2. The number of fused-ring (bicyclic) bond motifs is 2. The molecule has 6 heteroatoms. The lowest BCUT2D eigenvalue weighted by molar-refractivity contribution is -0.127. The highest BCUT2D eigenvalue weighted by Crippen LogP contribution is 2.27. The maximum Gasteiger partial charge on any atom is 0.327 e. The third kappa shape index (κ3) is 3.33. The Morgan fingerprint density at radius 1 is 1.19 bits per heavy atom. The number of imide groups is 1. The van der Waals surface area contributed by atoms with Gasteiger partial charge in [0.15, 0.2) is 0 Å². The van der Waals surface area contributed by atoms with Gasteiger partial charge >= 0.3 is 6.03 Å². The normalized spacial score (nSPS) is 24.9. The van der Waals surface area contributed by atoms with Gasteiger partial charge in [0.1, 0.15) is 17.9 Å². The van der Waals surface area contributed by atoms with E-state index in [0.717, 1.165) is 38.0 Å². The molecule has 2 fully saturated rings. The Hall–Kier alpha value is -2.34. The van der Waals surface area contributed by atoms with Crippen LogP contribution in [-0.4, -0.2) is 60.1 Å². The molecular formula is C20H25N3O3. The summed E-state index contributed by atoms with van der Waals surface area (Å²) in [5, 5.41) is 3.36. The molecule has 3 heterocycles.